The second-order valence-electron chi connectivity index (χ2n) is 4.18. The van der Waals surface area contributed by atoms with Gasteiger partial charge in [-0.2, -0.15) is 5.10 Å². The monoisotopic (exact) mass is 257 g/mol. The van der Waals surface area contributed by atoms with Crippen molar-refractivity contribution in [2.24, 2.45) is 0 Å². The highest BCUT2D eigenvalue weighted by molar-refractivity contribution is 5.39. The van der Waals surface area contributed by atoms with E-state index in [2.05, 4.69) is 36.1 Å². The van der Waals surface area contributed by atoms with Gasteiger partial charge in [-0.15, -0.1) is 0 Å². The summed E-state index contributed by atoms with van der Waals surface area (Å²) in [7, 11) is 0. The van der Waals surface area contributed by atoms with E-state index in [1.165, 1.54) is 5.56 Å². The van der Waals surface area contributed by atoms with Crippen LogP contribution in [0.2, 0.25) is 0 Å². The summed E-state index contributed by atoms with van der Waals surface area (Å²) in [5.41, 5.74) is 2.24. The topological polar surface area (TPSA) is 39.1 Å². The predicted molar refractivity (Wildman–Crippen MR) is 77.4 cm³/mol. The Morgan fingerprint density at radius 1 is 1.37 bits per heavy atom. The number of aromatic nitrogens is 2. The molecule has 1 aromatic heterocycles. The fraction of sp³-hybridized carbons (Fsp3) is 0.267. The number of benzene rings is 1. The summed E-state index contributed by atoms with van der Waals surface area (Å²) in [6.07, 6.45) is 5.58. The maximum Gasteiger partial charge on any atom is 0.119 e. The van der Waals surface area contributed by atoms with E-state index in [1.807, 2.05) is 29.2 Å². The molecule has 0 unspecified atom stereocenters. The standard InChI is InChI=1S/C15H19N3O/c1-3-9-19-15-7-5-13(6-8-15)10-16-14-11-17-18(4-2)12-14/h3,5-8,11-12,16H,1,4,9-10H2,2H3. The van der Waals surface area contributed by atoms with E-state index in [1.54, 1.807) is 6.08 Å². The summed E-state index contributed by atoms with van der Waals surface area (Å²) in [5, 5.41) is 7.56. The second kappa shape index (κ2) is 6.64. The molecule has 0 bridgehead atoms. The van der Waals surface area contributed by atoms with E-state index in [9.17, 15) is 0 Å². The molecule has 0 aliphatic rings. The first kappa shape index (κ1) is 13.2. The minimum atomic E-state index is 0.536. The first-order chi connectivity index (χ1) is 9.31. The van der Waals surface area contributed by atoms with Crippen LogP contribution in [0, 0.1) is 0 Å². The SMILES string of the molecule is C=CCOc1ccc(CNc2cnn(CC)c2)cc1. The molecule has 19 heavy (non-hydrogen) atoms. The van der Waals surface area contributed by atoms with Gasteiger partial charge >= 0.3 is 0 Å². The van der Waals surface area contributed by atoms with Crippen molar-refractivity contribution in [2.75, 3.05) is 11.9 Å². The fourth-order valence-corrected chi connectivity index (χ4v) is 1.69. The highest BCUT2D eigenvalue weighted by Gasteiger charge is 1.98. The van der Waals surface area contributed by atoms with Gasteiger partial charge in [-0.05, 0) is 24.6 Å². The van der Waals surface area contributed by atoms with Crippen LogP contribution in [-0.4, -0.2) is 16.4 Å². The molecule has 1 heterocycles. The number of anilines is 1. The molecule has 2 aromatic rings. The highest BCUT2D eigenvalue weighted by Crippen LogP contribution is 2.14. The largest absolute Gasteiger partial charge is 0.490 e. The molecular formula is C15H19N3O. The van der Waals surface area contributed by atoms with Crippen molar-refractivity contribution in [1.29, 1.82) is 0 Å². The first-order valence-electron chi connectivity index (χ1n) is 6.40. The predicted octanol–water partition coefficient (Wildman–Crippen LogP) is 3.08. The summed E-state index contributed by atoms with van der Waals surface area (Å²) >= 11 is 0. The summed E-state index contributed by atoms with van der Waals surface area (Å²) in [6.45, 7) is 7.89. The third kappa shape index (κ3) is 3.88. The molecule has 100 valence electrons. The van der Waals surface area contributed by atoms with Gasteiger partial charge in [-0.1, -0.05) is 24.8 Å². The molecular weight excluding hydrogens is 238 g/mol. The lowest BCUT2D eigenvalue weighted by Crippen LogP contribution is -1.99. The van der Waals surface area contributed by atoms with Crippen molar-refractivity contribution in [3.05, 3.63) is 54.9 Å². The number of nitrogens with zero attached hydrogens (tertiary/aromatic N) is 2. The van der Waals surface area contributed by atoms with Crippen LogP contribution in [0.5, 0.6) is 5.75 Å². The van der Waals surface area contributed by atoms with Crippen molar-refractivity contribution in [3.63, 3.8) is 0 Å². The lowest BCUT2D eigenvalue weighted by Gasteiger charge is -2.06. The van der Waals surface area contributed by atoms with Gasteiger partial charge in [0.05, 0.1) is 11.9 Å². The van der Waals surface area contributed by atoms with E-state index in [0.717, 1.165) is 24.5 Å². The van der Waals surface area contributed by atoms with E-state index < -0.39 is 0 Å². The average molecular weight is 257 g/mol. The van der Waals surface area contributed by atoms with Crippen LogP contribution in [-0.2, 0) is 13.1 Å². The zero-order valence-electron chi connectivity index (χ0n) is 11.2. The molecule has 0 saturated carbocycles. The van der Waals surface area contributed by atoms with Gasteiger partial charge in [-0.3, -0.25) is 4.68 Å². The molecule has 1 aromatic carbocycles. The molecule has 0 spiro atoms. The Morgan fingerprint density at radius 2 is 2.16 bits per heavy atom. The molecule has 4 heteroatoms. The van der Waals surface area contributed by atoms with E-state index in [0.29, 0.717) is 6.61 Å². The summed E-state index contributed by atoms with van der Waals surface area (Å²) in [4.78, 5) is 0. The van der Waals surface area contributed by atoms with Crippen LogP contribution < -0.4 is 10.1 Å². The molecule has 0 aliphatic carbocycles. The van der Waals surface area contributed by atoms with Gasteiger partial charge in [0.1, 0.15) is 12.4 Å². The lowest BCUT2D eigenvalue weighted by molar-refractivity contribution is 0.363. The summed E-state index contributed by atoms with van der Waals surface area (Å²) in [5.74, 6) is 0.863. The molecule has 0 fully saturated rings. The highest BCUT2D eigenvalue weighted by atomic mass is 16.5. The molecule has 0 saturated heterocycles. The van der Waals surface area contributed by atoms with Gasteiger partial charge < -0.3 is 10.1 Å². The minimum absolute atomic E-state index is 0.536. The van der Waals surface area contributed by atoms with Crippen LogP contribution in [0.3, 0.4) is 0 Å². The van der Waals surface area contributed by atoms with Gasteiger partial charge in [0, 0.05) is 19.3 Å². The van der Waals surface area contributed by atoms with E-state index in [-0.39, 0.29) is 0 Å². The van der Waals surface area contributed by atoms with Crippen LogP contribution >= 0.6 is 0 Å². The molecule has 2 rings (SSSR count). The van der Waals surface area contributed by atoms with Crippen molar-refractivity contribution in [1.82, 2.24) is 9.78 Å². The number of nitrogens with one attached hydrogen (secondary N) is 1. The first-order valence-corrected chi connectivity index (χ1v) is 6.40. The Hall–Kier alpha value is -2.23. The maximum atomic E-state index is 5.44. The second-order valence-corrected chi connectivity index (χ2v) is 4.18. The number of hydrogen-bond acceptors (Lipinski definition) is 3. The van der Waals surface area contributed by atoms with Crippen LogP contribution in [0.1, 0.15) is 12.5 Å². The van der Waals surface area contributed by atoms with Crippen molar-refractivity contribution in [2.45, 2.75) is 20.0 Å². The van der Waals surface area contributed by atoms with Gasteiger partial charge in [-0.25, -0.2) is 0 Å². The van der Waals surface area contributed by atoms with Crippen LogP contribution in [0.25, 0.3) is 0 Å². The van der Waals surface area contributed by atoms with Gasteiger partial charge in [0.2, 0.25) is 0 Å². The Morgan fingerprint density at radius 3 is 2.79 bits per heavy atom. The Labute approximate surface area is 113 Å². The zero-order chi connectivity index (χ0) is 13.5. The maximum absolute atomic E-state index is 5.44. The zero-order valence-corrected chi connectivity index (χ0v) is 11.2. The van der Waals surface area contributed by atoms with Crippen LogP contribution in [0.15, 0.2) is 49.3 Å². The molecule has 1 N–H and O–H groups in total. The minimum Gasteiger partial charge on any atom is -0.490 e. The van der Waals surface area contributed by atoms with Crippen molar-refractivity contribution < 1.29 is 4.74 Å². The number of aryl methyl sites for hydroxylation is 1. The Kier molecular flexibility index (Phi) is 4.61. The summed E-state index contributed by atoms with van der Waals surface area (Å²) in [6, 6.07) is 8.04. The van der Waals surface area contributed by atoms with Gasteiger partial charge in [0.25, 0.3) is 0 Å². The smallest absolute Gasteiger partial charge is 0.119 e. The molecule has 0 amide bonds. The van der Waals surface area contributed by atoms with Gasteiger partial charge in [0.15, 0.2) is 0 Å². The van der Waals surface area contributed by atoms with E-state index >= 15 is 0 Å². The summed E-state index contributed by atoms with van der Waals surface area (Å²) < 4.78 is 7.34. The average Bonchev–Trinajstić information content (AvgIpc) is 2.92. The normalized spacial score (nSPS) is 10.2. The molecule has 0 radical (unpaired) electrons. The third-order valence-electron chi connectivity index (χ3n) is 2.75. The van der Waals surface area contributed by atoms with Crippen molar-refractivity contribution in [3.8, 4) is 5.75 Å². The third-order valence-corrected chi connectivity index (χ3v) is 2.75. The fourth-order valence-electron chi connectivity index (χ4n) is 1.69. The van der Waals surface area contributed by atoms with Crippen LogP contribution in [0.4, 0.5) is 5.69 Å². The molecule has 0 atom stereocenters. The van der Waals surface area contributed by atoms with E-state index in [4.69, 9.17) is 4.74 Å². The molecule has 0 aliphatic heterocycles. The van der Waals surface area contributed by atoms with Crippen molar-refractivity contribution >= 4 is 5.69 Å². The molecule has 4 nitrogen and oxygen atoms in total. The quantitative estimate of drug-likeness (QED) is 0.775. The lowest BCUT2D eigenvalue weighted by atomic mass is 10.2. The number of hydrogen-bond donors (Lipinski definition) is 1. The Balaban J connectivity index is 1.87. The number of ether oxygens (including phenoxy) is 1. The number of rotatable bonds is 7. The Bertz CT molecular complexity index is 516.